The molecule has 1 fully saturated rings. The first kappa shape index (κ1) is 27.5. The van der Waals surface area contributed by atoms with E-state index in [1.165, 1.54) is 0 Å². The fraction of sp³-hybridized carbons (Fsp3) is 0.207. The summed E-state index contributed by atoms with van der Waals surface area (Å²) in [5, 5.41) is 16.6. The quantitative estimate of drug-likeness (QED) is 0.244. The predicted molar refractivity (Wildman–Crippen MR) is 155 cm³/mol. The average Bonchev–Trinajstić information content (AvgIpc) is 3.26. The Balaban J connectivity index is 1.54. The summed E-state index contributed by atoms with van der Waals surface area (Å²) in [4.78, 5) is 27.6. The van der Waals surface area contributed by atoms with Gasteiger partial charge in [0.1, 0.15) is 0 Å². The topological polar surface area (TPSA) is 75.4 Å². The van der Waals surface area contributed by atoms with Crippen LogP contribution < -0.4 is 0 Å². The summed E-state index contributed by atoms with van der Waals surface area (Å²) in [5.41, 5.74) is 3.13. The van der Waals surface area contributed by atoms with Gasteiger partial charge in [0.05, 0.1) is 22.8 Å². The number of piperidine rings is 1. The van der Waals surface area contributed by atoms with E-state index in [9.17, 15) is 14.7 Å². The van der Waals surface area contributed by atoms with Crippen LogP contribution in [-0.4, -0.2) is 44.8 Å². The summed E-state index contributed by atoms with van der Waals surface area (Å²) in [6.07, 6.45) is 1.04. The highest BCUT2D eigenvalue weighted by Crippen LogP contribution is 2.36. The maximum atomic E-state index is 13.9. The highest BCUT2D eigenvalue weighted by Gasteiger charge is 2.32. The van der Waals surface area contributed by atoms with Gasteiger partial charge in [0.2, 0.25) is 0 Å². The van der Waals surface area contributed by atoms with E-state index in [0.717, 1.165) is 5.56 Å². The van der Waals surface area contributed by atoms with E-state index in [1.54, 1.807) is 64.2 Å². The summed E-state index contributed by atoms with van der Waals surface area (Å²) in [6.45, 7) is 0.963. The van der Waals surface area contributed by atoms with Crippen molar-refractivity contribution in [3.63, 3.8) is 0 Å². The van der Waals surface area contributed by atoms with Crippen molar-refractivity contribution in [1.29, 1.82) is 0 Å². The fourth-order valence-corrected chi connectivity index (χ4v) is 5.90. The number of halogens is 4. The molecule has 0 bridgehead atoms. The molecule has 1 N–H and O–H groups in total. The Hall–Kier alpha value is -3.03. The van der Waals surface area contributed by atoms with Gasteiger partial charge in [0.25, 0.3) is 5.91 Å². The third-order valence-electron chi connectivity index (χ3n) is 6.85. The minimum atomic E-state index is -1.07. The van der Waals surface area contributed by atoms with Crippen LogP contribution in [0.2, 0.25) is 20.1 Å². The van der Waals surface area contributed by atoms with Gasteiger partial charge in [-0.25, -0.2) is 4.68 Å². The van der Waals surface area contributed by atoms with E-state index in [0.29, 0.717) is 68.5 Å². The van der Waals surface area contributed by atoms with Crippen LogP contribution in [0.4, 0.5) is 0 Å². The van der Waals surface area contributed by atoms with Crippen molar-refractivity contribution in [2.75, 3.05) is 13.1 Å². The highest BCUT2D eigenvalue weighted by atomic mass is 35.5. The Kier molecular flexibility index (Phi) is 8.19. The Morgan fingerprint density at radius 1 is 0.872 bits per heavy atom. The van der Waals surface area contributed by atoms with E-state index in [4.69, 9.17) is 46.4 Å². The minimum absolute atomic E-state index is 0.0894. The van der Waals surface area contributed by atoms with Crippen molar-refractivity contribution in [1.82, 2.24) is 14.7 Å². The highest BCUT2D eigenvalue weighted by molar-refractivity contribution is 6.34. The van der Waals surface area contributed by atoms with Gasteiger partial charge in [-0.2, -0.15) is 5.10 Å². The number of aromatic nitrogens is 2. The van der Waals surface area contributed by atoms with Crippen molar-refractivity contribution in [2.24, 2.45) is 0 Å². The van der Waals surface area contributed by atoms with Gasteiger partial charge in [-0.1, -0.05) is 70.7 Å². The number of carboxylic acid groups (broad SMARTS) is 1. The molecule has 4 aromatic rings. The summed E-state index contributed by atoms with van der Waals surface area (Å²) in [7, 11) is 0. The van der Waals surface area contributed by atoms with Gasteiger partial charge in [-0.05, 0) is 66.8 Å². The molecule has 1 aliphatic rings. The lowest BCUT2D eigenvalue weighted by molar-refractivity contribution is -0.136. The van der Waals surface area contributed by atoms with E-state index >= 15 is 0 Å². The maximum absolute atomic E-state index is 13.9. The molecule has 5 rings (SSSR count). The molecule has 200 valence electrons. The second-order valence-electron chi connectivity index (χ2n) is 9.39. The van der Waals surface area contributed by atoms with Gasteiger partial charge in [-0.3, -0.25) is 9.59 Å². The van der Waals surface area contributed by atoms with Crippen molar-refractivity contribution >= 4 is 58.3 Å². The molecule has 1 aliphatic heterocycles. The number of carbonyl (C=O) groups is 2. The molecule has 6 nitrogen and oxygen atoms in total. The van der Waals surface area contributed by atoms with Crippen molar-refractivity contribution in [2.45, 2.75) is 25.2 Å². The van der Waals surface area contributed by atoms with E-state index in [2.05, 4.69) is 5.10 Å². The van der Waals surface area contributed by atoms with Crippen LogP contribution in [0, 0.1) is 0 Å². The third kappa shape index (κ3) is 5.94. The van der Waals surface area contributed by atoms with E-state index in [1.807, 2.05) is 12.1 Å². The monoisotopic (exact) mass is 601 g/mol. The summed E-state index contributed by atoms with van der Waals surface area (Å²) >= 11 is 25.0. The van der Waals surface area contributed by atoms with Crippen LogP contribution in [-0.2, 0) is 11.2 Å². The zero-order chi connectivity index (χ0) is 27.7. The molecule has 0 aliphatic carbocycles. The van der Waals surface area contributed by atoms with Gasteiger partial charge in [-0.15, -0.1) is 0 Å². The van der Waals surface area contributed by atoms with Crippen LogP contribution >= 0.6 is 46.4 Å². The molecule has 0 atom stereocenters. The third-order valence-corrected chi connectivity index (χ3v) is 7.86. The molecule has 1 amide bonds. The lowest BCUT2D eigenvalue weighted by atomic mass is 9.89. The standard InChI is InChI=1S/C29H23Cl4N3O3/c30-20-7-5-18(6-8-20)28-23(16-26(37)38)27(34-36(28)25-4-2-1-3-24(25)33)29(39)35-11-9-17(10-12-35)19-13-21(31)15-22(32)14-19/h1-8,13-15,17H,9-12,16H2,(H,37,38). The molecular formula is C29H23Cl4N3O3. The molecule has 1 aromatic heterocycles. The largest absolute Gasteiger partial charge is 0.481 e. The zero-order valence-corrected chi connectivity index (χ0v) is 23.6. The number of likely N-dealkylation sites (tertiary alicyclic amines) is 1. The number of hydrogen-bond acceptors (Lipinski definition) is 3. The second-order valence-corrected chi connectivity index (χ2v) is 11.1. The molecule has 2 heterocycles. The van der Waals surface area contributed by atoms with Crippen molar-refractivity contribution in [3.8, 4) is 16.9 Å². The first-order valence-electron chi connectivity index (χ1n) is 12.3. The number of para-hydroxylation sites is 1. The van der Waals surface area contributed by atoms with E-state index < -0.39 is 5.97 Å². The molecule has 0 spiro atoms. The Bertz CT molecular complexity index is 1520. The molecule has 3 aromatic carbocycles. The Morgan fingerprint density at radius 3 is 2.13 bits per heavy atom. The number of carbonyl (C=O) groups excluding carboxylic acids is 1. The van der Waals surface area contributed by atoms with Gasteiger partial charge in [0.15, 0.2) is 5.69 Å². The number of carboxylic acids is 1. The number of rotatable bonds is 6. The van der Waals surface area contributed by atoms with Crippen LogP contribution in [0.5, 0.6) is 0 Å². The second kappa shape index (κ2) is 11.6. The van der Waals surface area contributed by atoms with E-state index in [-0.39, 0.29) is 23.9 Å². The van der Waals surface area contributed by atoms with Gasteiger partial charge < -0.3 is 10.0 Å². The summed E-state index contributed by atoms with van der Waals surface area (Å²) < 4.78 is 1.55. The molecular weight excluding hydrogens is 580 g/mol. The Morgan fingerprint density at radius 2 is 1.51 bits per heavy atom. The predicted octanol–water partition coefficient (Wildman–Crippen LogP) is 7.80. The summed E-state index contributed by atoms with van der Waals surface area (Å²) in [5.74, 6) is -1.20. The lowest BCUT2D eigenvalue weighted by Crippen LogP contribution is -2.38. The normalized spacial score (nSPS) is 14.0. The molecule has 0 unspecified atom stereocenters. The fourth-order valence-electron chi connectivity index (χ4n) is 5.02. The van der Waals surface area contributed by atoms with Crippen LogP contribution in [0.15, 0.2) is 66.7 Å². The van der Waals surface area contributed by atoms with Crippen molar-refractivity contribution < 1.29 is 14.7 Å². The number of hydrogen-bond donors (Lipinski definition) is 1. The molecule has 39 heavy (non-hydrogen) atoms. The van der Waals surface area contributed by atoms with Crippen LogP contribution in [0.1, 0.15) is 40.4 Å². The maximum Gasteiger partial charge on any atom is 0.307 e. The van der Waals surface area contributed by atoms with Crippen LogP contribution in [0.25, 0.3) is 16.9 Å². The van der Waals surface area contributed by atoms with Crippen LogP contribution in [0.3, 0.4) is 0 Å². The smallest absolute Gasteiger partial charge is 0.307 e. The minimum Gasteiger partial charge on any atom is -0.481 e. The average molecular weight is 603 g/mol. The molecule has 0 saturated carbocycles. The number of aliphatic carboxylic acids is 1. The SMILES string of the molecule is O=C(O)Cc1c(C(=O)N2CCC(c3cc(Cl)cc(Cl)c3)CC2)nn(-c2ccccc2Cl)c1-c1ccc(Cl)cc1. The van der Waals surface area contributed by atoms with Gasteiger partial charge >= 0.3 is 5.97 Å². The molecule has 0 radical (unpaired) electrons. The zero-order valence-electron chi connectivity index (χ0n) is 20.6. The van der Waals surface area contributed by atoms with Crippen molar-refractivity contribution in [3.05, 3.63) is 104 Å². The number of amides is 1. The Labute approximate surface area is 245 Å². The number of nitrogens with zero attached hydrogens (tertiary/aromatic N) is 3. The molecule has 1 saturated heterocycles. The first-order chi connectivity index (χ1) is 18.7. The lowest BCUT2D eigenvalue weighted by Gasteiger charge is -2.32. The summed E-state index contributed by atoms with van der Waals surface area (Å²) in [6, 6.07) is 19.6. The number of benzene rings is 3. The first-order valence-corrected chi connectivity index (χ1v) is 13.8. The van der Waals surface area contributed by atoms with Gasteiger partial charge in [0, 0.05) is 39.3 Å². The molecule has 10 heteroatoms.